The summed E-state index contributed by atoms with van der Waals surface area (Å²) in [4.78, 5) is 52.5. The van der Waals surface area contributed by atoms with Gasteiger partial charge in [0, 0.05) is 12.1 Å². The Labute approximate surface area is 190 Å². The van der Waals surface area contributed by atoms with Crippen molar-refractivity contribution in [2.45, 2.75) is 31.6 Å². The van der Waals surface area contributed by atoms with Crippen molar-refractivity contribution in [1.82, 2.24) is 14.9 Å². The van der Waals surface area contributed by atoms with Gasteiger partial charge in [0.15, 0.2) is 0 Å². The molecule has 0 saturated heterocycles. The van der Waals surface area contributed by atoms with Crippen molar-refractivity contribution in [3.8, 4) is 0 Å². The molecular weight excluding hydrogens is 453 g/mol. The summed E-state index contributed by atoms with van der Waals surface area (Å²) in [5, 5.41) is 3.75. The molecule has 3 N–H and O–H groups in total. The van der Waals surface area contributed by atoms with Crippen LogP contribution >= 0.6 is 0 Å². The Bertz CT molecular complexity index is 1400. The maximum absolute atomic E-state index is 14.4. The summed E-state index contributed by atoms with van der Waals surface area (Å²) in [5.41, 5.74) is -5.90. The third kappa shape index (κ3) is 3.78. The summed E-state index contributed by atoms with van der Waals surface area (Å²) in [5.74, 6) is -3.48. The highest BCUT2D eigenvalue weighted by Gasteiger charge is 2.68. The van der Waals surface area contributed by atoms with Crippen LogP contribution in [-0.2, 0) is 23.3 Å². The van der Waals surface area contributed by atoms with Gasteiger partial charge < -0.3 is 10.6 Å². The number of carbonyl (C=O) groups excluding carboxylic acids is 2. The predicted molar refractivity (Wildman–Crippen MR) is 116 cm³/mol. The van der Waals surface area contributed by atoms with E-state index in [4.69, 9.17) is 0 Å². The van der Waals surface area contributed by atoms with Crippen LogP contribution in [0, 0.1) is 6.92 Å². The van der Waals surface area contributed by atoms with Crippen LogP contribution in [0.15, 0.2) is 64.2 Å². The van der Waals surface area contributed by atoms with E-state index in [0.717, 1.165) is 10.1 Å². The summed E-state index contributed by atoms with van der Waals surface area (Å²) in [6.07, 6.45) is -5.15. The molecule has 8 nitrogen and oxygen atoms in total. The first-order chi connectivity index (χ1) is 16.0. The lowest BCUT2D eigenvalue weighted by atomic mass is 9.91. The highest BCUT2D eigenvalue weighted by molar-refractivity contribution is 6.09. The number of alkyl halides is 3. The lowest BCUT2D eigenvalue weighted by molar-refractivity contribution is -0.196. The number of aromatic amines is 1. The second kappa shape index (κ2) is 8.32. The normalized spacial score (nSPS) is 17.2. The molecule has 11 heteroatoms. The van der Waals surface area contributed by atoms with Gasteiger partial charge in [-0.25, -0.2) is 4.79 Å². The molecule has 1 aliphatic rings. The third-order valence-electron chi connectivity index (χ3n) is 5.62. The number of aromatic nitrogens is 2. The minimum atomic E-state index is -5.39. The molecule has 3 aromatic rings. The summed E-state index contributed by atoms with van der Waals surface area (Å²) < 4.78 is 44.2. The number of fused-ring (bicyclic) bond motifs is 1. The molecule has 2 heterocycles. The zero-order valence-corrected chi connectivity index (χ0v) is 17.8. The zero-order chi connectivity index (χ0) is 24.7. The monoisotopic (exact) mass is 472 g/mol. The van der Waals surface area contributed by atoms with E-state index in [1.807, 2.05) is 10.3 Å². The molecule has 34 heavy (non-hydrogen) atoms. The standard InChI is InChI=1S/C23H19F3N4O4/c1-13-6-5-9-15(12-13)18(31)29-22(23(24,25)26)16-17(27-20(22)33)30(21(34)28-19(16)32)11-10-14-7-3-2-4-8-14/h2-9,12H,10-11H2,1H3,(H,27,33)(H,29,31)(H,28,32,34). The highest BCUT2D eigenvalue weighted by Crippen LogP contribution is 2.45. The number of H-pyrrole nitrogens is 1. The molecule has 0 aliphatic carbocycles. The van der Waals surface area contributed by atoms with Crippen molar-refractivity contribution in [1.29, 1.82) is 0 Å². The number of anilines is 1. The molecule has 1 aromatic heterocycles. The molecule has 1 unspecified atom stereocenters. The number of halogens is 3. The number of aryl methyl sites for hydroxylation is 2. The maximum Gasteiger partial charge on any atom is 0.425 e. The van der Waals surface area contributed by atoms with Gasteiger partial charge in [0.05, 0.1) is 0 Å². The van der Waals surface area contributed by atoms with Gasteiger partial charge in [-0.05, 0) is 31.0 Å². The fraction of sp³-hybridized carbons (Fsp3) is 0.217. The van der Waals surface area contributed by atoms with Gasteiger partial charge in [-0.1, -0.05) is 48.0 Å². The number of amides is 2. The maximum atomic E-state index is 14.4. The molecule has 0 bridgehead atoms. The second-order valence-corrected chi connectivity index (χ2v) is 7.90. The van der Waals surface area contributed by atoms with E-state index in [-0.39, 0.29) is 18.5 Å². The Morgan fingerprint density at radius 2 is 1.76 bits per heavy atom. The smallest absolute Gasteiger partial charge is 0.326 e. The molecule has 2 amide bonds. The summed E-state index contributed by atoms with van der Waals surface area (Å²) >= 11 is 0. The minimum Gasteiger partial charge on any atom is -0.326 e. The minimum absolute atomic E-state index is 0.123. The van der Waals surface area contributed by atoms with Crippen molar-refractivity contribution < 1.29 is 22.8 Å². The number of benzene rings is 2. The molecule has 1 atom stereocenters. The fourth-order valence-corrected chi connectivity index (χ4v) is 3.95. The number of hydrogen-bond acceptors (Lipinski definition) is 4. The van der Waals surface area contributed by atoms with Gasteiger partial charge in [-0.3, -0.25) is 23.9 Å². The van der Waals surface area contributed by atoms with E-state index in [0.29, 0.717) is 5.56 Å². The Balaban J connectivity index is 1.83. The Hall–Kier alpha value is -4.15. The van der Waals surface area contributed by atoms with Crippen LogP contribution in [0.1, 0.15) is 27.0 Å². The van der Waals surface area contributed by atoms with Crippen LogP contribution in [0.5, 0.6) is 0 Å². The molecule has 0 radical (unpaired) electrons. The second-order valence-electron chi connectivity index (χ2n) is 7.90. The van der Waals surface area contributed by atoms with Crippen molar-refractivity contribution in [3.63, 3.8) is 0 Å². The Kier molecular flexibility index (Phi) is 5.64. The van der Waals surface area contributed by atoms with Gasteiger partial charge in [0.2, 0.25) is 0 Å². The van der Waals surface area contributed by atoms with E-state index in [9.17, 15) is 32.3 Å². The Morgan fingerprint density at radius 3 is 2.41 bits per heavy atom. The van der Waals surface area contributed by atoms with Gasteiger partial charge >= 0.3 is 11.9 Å². The van der Waals surface area contributed by atoms with E-state index in [1.165, 1.54) is 18.2 Å². The van der Waals surface area contributed by atoms with Crippen LogP contribution in [-0.4, -0.2) is 27.5 Å². The first kappa shape index (κ1) is 23.0. The van der Waals surface area contributed by atoms with E-state index in [1.54, 1.807) is 48.6 Å². The lowest BCUT2D eigenvalue weighted by Crippen LogP contribution is -2.62. The molecule has 1 aliphatic heterocycles. The number of nitrogens with one attached hydrogen (secondary N) is 3. The summed E-state index contributed by atoms with van der Waals surface area (Å²) in [6, 6.07) is 14.6. The molecule has 0 fully saturated rings. The van der Waals surface area contributed by atoms with Crippen LogP contribution in [0.4, 0.5) is 19.0 Å². The van der Waals surface area contributed by atoms with Crippen molar-refractivity contribution >= 4 is 17.6 Å². The zero-order valence-electron chi connectivity index (χ0n) is 17.8. The molecule has 0 spiro atoms. The number of carbonyl (C=O) groups is 2. The number of nitrogens with zero attached hydrogens (tertiary/aromatic N) is 1. The summed E-state index contributed by atoms with van der Waals surface area (Å²) in [6.45, 7) is 1.52. The molecular formula is C23H19F3N4O4. The van der Waals surface area contributed by atoms with Crippen LogP contribution in [0.25, 0.3) is 0 Å². The lowest BCUT2D eigenvalue weighted by Gasteiger charge is -2.30. The molecule has 176 valence electrons. The molecule has 4 rings (SSSR count). The predicted octanol–water partition coefficient (Wildman–Crippen LogP) is 2.23. The first-order valence-corrected chi connectivity index (χ1v) is 10.2. The molecule has 2 aromatic carbocycles. The van der Waals surface area contributed by atoms with Gasteiger partial charge in [-0.2, -0.15) is 13.2 Å². The number of hydrogen-bond donors (Lipinski definition) is 3. The van der Waals surface area contributed by atoms with Crippen LogP contribution in [0.2, 0.25) is 0 Å². The average molecular weight is 472 g/mol. The van der Waals surface area contributed by atoms with Crippen molar-refractivity contribution in [2.75, 3.05) is 5.32 Å². The van der Waals surface area contributed by atoms with E-state index < -0.39 is 46.2 Å². The third-order valence-corrected chi connectivity index (χ3v) is 5.62. The SMILES string of the molecule is Cc1cccc(C(=O)NC2(C(F)(F)F)C(=O)Nc3c2c(=O)[nH]c(=O)n3CCc2ccccc2)c1. The van der Waals surface area contributed by atoms with Gasteiger partial charge in [0.1, 0.15) is 11.4 Å². The van der Waals surface area contributed by atoms with Crippen LogP contribution in [0.3, 0.4) is 0 Å². The van der Waals surface area contributed by atoms with Gasteiger partial charge in [-0.15, -0.1) is 0 Å². The quantitative estimate of drug-likeness (QED) is 0.529. The first-order valence-electron chi connectivity index (χ1n) is 10.2. The average Bonchev–Trinajstić information content (AvgIpc) is 3.07. The Morgan fingerprint density at radius 1 is 1.06 bits per heavy atom. The van der Waals surface area contributed by atoms with E-state index >= 15 is 0 Å². The van der Waals surface area contributed by atoms with E-state index in [2.05, 4.69) is 0 Å². The fourth-order valence-electron chi connectivity index (χ4n) is 3.95. The van der Waals surface area contributed by atoms with Gasteiger partial charge in [0.25, 0.3) is 22.9 Å². The highest BCUT2D eigenvalue weighted by atomic mass is 19.4. The van der Waals surface area contributed by atoms with Crippen molar-refractivity contribution in [2.24, 2.45) is 0 Å². The largest absolute Gasteiger partial charge is 0.425 e. The summed E-state index contributed by atoms with van der Waals surface area (Å²) in [7, 11) is 0. The van der Waals surface area contributed by atoms with Crippen LogP contribution < -0.4 is 21.9 Å². The van der Waals surface area contributed by atoms with Crippen molar-refractivity contribution in [3.05, 3.63) is 97.7 Å². The molecule has 0 saturated carbocycles. The number of rotatable bonds is 5. The topological polar surface area (TPSA) is 113 Å².